The van der Waals surface area contributed by atoms with E-state index in [4.69, 9.17) is 33.9 Å². The number of methoxy groups -OCH3 is 2. The summed E-state index contributed by atoms with van der Waals surface area (Å²) in [6, 6.07) is 22.6. The maximum Gasteiger partial charge on any atom is 0.191 e. The number of nitrogens with one attached hydrogen (secondary N) is 4. The molecule has 0 saturated carbocycles. The molecule has 0 radical (unpaired) electrons. The first-order valence-electron chi connectivity index (χ1n) is 10.1. The second kappa shape index (κ2) is 12.9. The Labute approximate surface area is 209 Å². The summed E-state index contributed by atoms with van der Waals surface area (Å²) in [5.41, 5.74) is 8.94. The fraction of sp³-hybridized carbons (Fsp3) is 0.0833. The van der Waals surface area contributed by atoms with Crippen LogP contribution in [-0.2, 0) is 0 Å². The number of hydrazone groups is 2. The molecule has 0 atom stereocenters. The van der Waals surface area contributed by atoms with Crippen molar-refractivity contribution in [3.05, 3.63) is 83.9 Å². The van der Waals surface area contributed by atoms with E-state index < -0.39 is 0 Å². The Kier molecular flexibility index (Phi) is 9.32. The van der Waals surface area contributed by atoms with Crippen LogP contribution in [0.15, 0.2) is 83.0 Å². The van der Waals surface area contributed by atoms with Gasteiger partial charge < -0.3 is 20.1 Å². The van der Waals surface area contributed by atoms with E-state index in [-0.39, 0.29) is 0 Å². The van der Waals surface area contributed by atoms with Gasteiger partial charge in [-0.2, -0.15) is 10.2 Å². The highest BCUT2D eigenvalue weighted by atomic mass is 32.1. The Bertz CT molecular complexity index is 1110. The second-order valence-corrected chi connectivity index (χ2v) is 7.60. The Balaban J connectivity index is 1.48. The summed E-state index contributed by atoms with van der Waals surface area (Å²) >= 11 is 10.5. The van der Waals surface area contributed by atoms with Crippen LogP contribution in [-0.4, -0.2) is 36.9 Å². The molecule has 0 bridgehead atoms. The van der Waals surface area contributed by atoms with Crippen molar-refractivity contribution in [1.82, 2.24) is 10.9 Å². The molecule has 34 heavy (non-hydrogen) atoms. The number of benzene rings is 3. The second-order valence-electron chi connectivity index (χ2n) is 6.78. The predicted octanol–water partition coefficient (Wildman–Crippen LogP) is 4.34. The van der Waals surface area contributed by atoms with Crippen molar-refractivity contribution in [2.24, 2.45) is 10.2 Å². The molecule has 3 aromatic carbocycles. The average molecular weight is 493 g/mol. The molecular formula is C24H24N6O2S2. The van der Waals surface area contributed by atoms with E-state index in [1.807, 2.05) is 72.8 Å². The number of nitrogens with zero attached hydrogens (tertiary/aromatic N) is 2. The highest BCUT2D eigenvalue weighted by Crippen LogP contribution is 2.17. The molecule has 8 nitrogen and oxygen atoms in total. The van der Waals surface area contributed by atoms with Crippen LogP contribution in [0.4, 0.5) is 11.4 Å². The van der Waals surface area contributed by atoms with Gasteiger partial charge in [0.25, 0.3) is 0 Å². The van der Waals surface area contributed by atoms with Gasteiger partial charge in [-0.25, -0.2) is 0 Å². The first-order chi connectivity index (χ1) is 16.6. The van der Waals surface area contributed by atoms with Gasteiger partial charge in [0, 0.05) is 23.5 Å². The number of thiocarbonyl (C=S) groups is 2. The molecule has 0 fully saturated rings. The third-order valence-corrected chi connectivity index (χ3v) is 4.71. The molecular weight excluding hydrogens is 468 g/mol. The lowest BCUT2D eigenvalue weighted by Gasteiger charge is -2.08. The van der Waals surface area contributed by atoms with Crippen molar-refractivity contribution in [2.45, 2.75) is 0 Å². The Morgan fingerprint density at radius 2 is 1.12 bits per heavy atom. The summed E-state index contributed by atoms with van der Waals surface area (Å²) < 4.78 is 10.4. The van der Waals surface area contributed by atoms with E-state index in [0.717, 1.165) is 34.0 Å². The van der Waals surface area contributed by atoms with Crippen molar-refractivity contribution < 1.29 is 9.47 Å². The average Bonchev–Trinajstić information content (AvgIpc) is 2.84. The van der Waals surface area contributed by atoms with Crippen LogP contribution in [0.25, 0.3) is 0 Å². The van der Waals surface area contributed by atoms with Crippen LogP contribution < -0.4 is 31.0 Å². The van der Waals surface area contributed by atoms with Gasteiger partial charge in [-0.3, -0.25) is 10.9 Å². The first-order valence-corrected chi connectivity index (χ1v) is 11.0. The minimum absolute atomic E-state index is 0.364. The largest absolute Gasteiger partial charge is 0.497 e. The van der Waals surface area contributed by atoms with Gasteiger partial charge in [-0.15, -0.1) is 0 Å². The Morgan fingerprint density at radius 3 is 1.56 bits per heavy atom. The number of hydrogen-bond donors (Lipinski definition) is 4. The number of hydrogen-bond acceptors (Lipinski definition) is 6. The fourth-order valence-corrected chi connectivity index (χ4v) is 3.11. The lowest BCUT2D eigenvalue weighted by atomic mass is 10.1. The molecule has 174 valence electrons. The van der Waals surface area contributed by atoms with Crippen LogP contribution in [0.1, 0.15) is 11.1 Å². The Morgan fingerprint density at radius 1 is 0.676 bits per heavy atom. The summed E-state index contributed by atoms with van der Waals surface area (Å²) in [6.07, 6.45) is 3.33. The molecule has 10 heteroatoms. The summed E-state index contributed by atoms with van der Waals surface area (Å²) in [4.78, 5) is 0. The number of anilines is 2. The maximum absolute atomic E-state index is 5.27. The molecule has 0 heterocycles. The van der Waals surface area contributed by atoms with Gasteiger partial charge in [0.15, 0.2) is 10.2 Å². The molecule has 0 aliphatic carbocycles. The lowest BCUT2D eigenvalue weighted by molar-refractivity contribution is 0.415. The van der Waals surface area contributed by atoms with Crippen molar-refractivity contribution in [1.29, 1.82) is 0 Å². The predicted molar refractivity (Wildman–Crippen MR) is 146 cm³/mol. The molecule has 4 N–H and O–H groups in total. The third kappa shape index (κ3) is 8.15. The van der Waals surface area contributed by atoms with Crippen LogP contribution in [0.3, 0.4) is 0 Å². The standard InChI is InChI=1S/C24H24N6O2S2/c1-31-21-10-4-8-19(13-21)27-23(33)29-25-15-17-6-3-7-18(12-17)16-26-30-24(34)28-20-9-5-11-22(14-20)32-2/h3-16H,1-2H3,(H2,27,29,33)(H2,28,30,34)/b25-15+,26-16+. The van der Waals surface area contributed by atoms with Crippen molar-refractivity contribution >= 4 is 58.5 Å². The highest BCUT2D eigenvalue weighted by molar-refractivity contribution is 7.80. The van der Waals surface area contributed by atoms with E-state index in [0.29, 0.717) is 10.2 Å². The normalized spacial score (nSPS) is 10.6. The van der Waals surface area contributed by atoms with E-state index in [1.54, 1.807) is 26.6 Å². The Hall–Kier alpha value is -4.02. The van der Waals surface area contributed by atoms with E-state index >= 15 is 0 Å². The zero-order valence-electron chi connectivity index (χ0n) is 18.6. The quantitative estimate of drug-likeness (QED) is 0.210. The van der Waals surface area contributed by atoms with Gasteiger partial charge in [-0.05, 0) is 65.9 Å². The zero-order valence-corrected chi connectivity index (χ0v) is 20.2. The molecule has 0 amide bonds. The van der Waals surface area contributed by atoms with Crippen molar-refractivity contribution in [2.75, 3.05) is 24.9 Å². The smallest absolute Gasteiger partial charge is 0.191 e. The summed E-state index contributed by atoms with van der Waals surface area (Å²) in [5, 5.41) is 15.2. The maximum atomic E-state index is 5.27. The third-order valence-electron chi connectivity index (χ3n) is 4.33. The van der Waals surface area contributed by atoms with Crippen LogP contribution >= 0.6 is 24.4 Å². The topological polar surface area (TPSA) is 91.3 Å². The molecule has 3 rings (SSSR count). The van der Waals surface area contributed by atoms with Gasteiger partial charge in [0.2, 0.25) is 0 Å². The molecule has 3 aromatic rings. The van der Waals surface area contributed by atoms with E-state index in [2.05, 4.69) is 31.7 Å². The first kappa shape index (κ1) is 24.6. The van der Waals surface area contributed by atoms with Crippen LogP contribution in [0, 0.1) is 0 Å². The summed E-state index contributed by atoms with van der Waals surface area (Å²) in [5.74, 6) is 1.47. The minimum Gasteiger partial charge on any atom is -0.497 e. The lowest BCUT2D eigenvalue weighted by Crippen LogP contribution is -2.24. The van der Waals surface area contributed by atoms with Gasteiger partial charge in [0.05, 0.1) is 26.6 Å². The molecule has 0 aromatic heterocycles. The molecule has 0 saturated heterocycles. The molecule has 0 aliphatic heterocycles. The van der Waals surface area contributed by atoms with Gasteiger partial charge >= 0.3 is 0 Å². The summed E-state index contributed by atoms with van der Waals surface area (Å²) in [6.45, 7) is 0. The van der Waals surface area contributed by atoms with E-state index in [9.17, 15) is 0 Å². The van der Waals surface area contributed by atoms with Gasteiger partial charge in [0.1, 0.15) is 11.5 Å². The van der Waals surface area contributed by atoms with Gasteiger partial charge in [-0.1, -0.05) is 30.3 Å². The highest BCUT2D eigenvalue weighted by Gasteiger charge is 2.00. The van der Waals surface area contributed by atoms with Crippen LogP contribution in [0.5, 0.6) is 11.5 Å². The molecule has 0 spiro atoms. The van der Waals surface area contributed by atoms with E-state index in [1.165, 1.54) is 0 Å². The molecule has 0 unspecified atom stereocenters. The number of ether oxygens (including phenoxy) is 2. The minimum atomic E-state index is 0.364. The zero-order chi connectivity index (χ0) is 24.2. The van der Waals surface area contributed by atoms with Crippen molar-refractivity contribution in [3.63, 3.8) is 0 Å². The van der Waals surface area contributed by atoms with Crippen molar-refractivity contribution in [3.8, 4) is 11.5 Å². The summed E-state index contributed by atoms with van der Waals surface area (Å²) in [7, 11) is 3.23. The molecule has 0 aliphatic rings. The monoisotopic (exact) mass is 492 g/mol. The van der Waals surface area contributed by atoms with Crippen LogP contribution in [0.2, 0.25) is 0 Å². The SMILES string of the molecule is COc1cccc(NC(=S)N/N=C/c2cccc(/C=N/NC(=S)Nc3cccc(OC)c3)c2)c1. The number of rotatable bonds is 8. The fourth-order valence-electron chi connectivity index (χ4n) is 2.77.